The predicted molar refractivity (Wildman–Crippen MR) is 83.0 cm³/mol. The van der Waals surface area contributed by atoms with Crippen LogP contribution in [0.5, 0.6) is 0 Å². The Kier molecular flexibility index (Phi) is 5.30. The van der Waals surface area contributed by atoms with Crippen molar-refractivity contribution in [1.29, 1.82) is 5.26 Å². The van der Waals surface area contributed by atoms with E-state index >= 15 is 0 Å². The number of rotatable bonds is 5. The Morgan fingerprint density at radius 3 is 2.75 bits per heavy atom. The zero-order valence-electron chi connectivity index (χ0n) is 11.1. The van der Waals surface area contributed by atoms with Crippen molar-refractivity contribution < 1.29 is 8.42 Å². The van der Waals surface area contributed by atoms with Crippen LogP contribution < -0.4 is 4.72 Å². The number of sulfonamides is 1. The molecule has 0 saturated heterocycles. The summed E-state index contributed by atoms with van der Waals surface area (Å²) in [4.78, 5) is 1.16. The molecule has 0 saturated carbocycles. The normalized spacial score (nSPS) is 15.2. The summed E-state index contributed by atoms with van der Waals surface area (Å²) in [5, 5.41) is 9.81. The van der Waals surface area contributed by atoms with Crippen LogP contribution in [0.2, 0.25) is 0 Å². The van der Waals surface area contributed by atoms with Crippen molar-refractivity contribution in [2.75, 3.05) is 16.4 Å². The van der Waals surface area contributed by atoms with Crippen LogP contribution in [-0.2, 0) is 22.9 Å². The van der Waals surface area contributed by atoms with Crippen molar-refractivity contribution in [1.82, 2.24) is 0 Å². The van der Waals surface area contributed by atoms with Gasteiger partial charge in [-0.05, 0) is 37.7 Å². The number of nitrogens with zero attached hydrogens (tertiary/aromatic N) is 1. The molecule has 1 N–H and O–H groups in total. The number of nitriles is 1. The van der Waals surface area contributed by atoms with Gasteiger partial charge in [-0.1, -0.05) is 6.42 Å². The first-order valence-corrected chi connectivity index (χ1v) is 9.69. The molecule has 0 radical (unpaired) electrons. The van der Waals surface area contributed by atoms with E-state index in [4.69, 9.17) is 11.6 Å². The van der Waals surface area contributed by atoms with Gasteiger partial charge in [0.15, 0.2) is 0 Å². The summed E-state index contributed by atoms with van der Waals surface area (Å²) in [6.07, 6.45) is 5.57. The third-order valence-electron chi connectivity index (χ3n) is 3.33. The van der Waals surface area contributed by atoms with Crippen LogP contribution in [0.1, 0.15) is 41.7 Å². The summed E-state index contributed by atoms with van der Waals surface area (Å²) in [6, 6.07) is 2.17. The largest absolute Gasteiger partial charge is 0.273 e. The summed E-state index contributed by atoms with van der Waals surface area (Å²) < 4.78 is 26.4. The molecular weight excluding hydrogens is 316 g/mol. The molecule has 1 aliphatic carbocycles. The minimum atomic E-state index is -3.41. The Bertz CT molecular complexity index is 617. The molecule has 1 aromatic rings. The van der Waals surface area contributed by atoms with Crippen LogP contribution in [-0.4, -0.2) is 20.1 Å². The van der Waals surface area contributed by atoms with Gasteiger partial charge in [0, 0.05) is 10.8 Å². The molecule has 1 heterocycles. The lowest BCUT2D eigenvalue weighted by atomic mass is 10.1. The van der Waals surface area contributed by atoms with Crippen molar-refractivity contribution in [2.24, 2.45) is 0 Å². The average molecular weight is 333 g/mol. The lowest BCUT2D eigenvalue weighted by Gasteiger charge is -2.05. The number of anilines is 1. The van der Waals surface area contributed by atoms with Gasteiger partial charge in [0.05, 0.1) is 11.3 Å². The Morgan fingerprint density at radius 2 is 2.05 bits per heavy atom. The van der Waals surface area contributed by atoms with Gasteiger partial charge in [0.1, 0.15) is 11.1 Å². The van der Waals surface area contributed by atoms with E-state index in [-0.39, 0.29) is 5.75 Å². The summed E-state index contributed by atoms with van der Waals surface area (Å²) in [6.45, 7) is 0. The smallest absolute Gasteiger partial charge is 0.233 e. The van der Waals surface area contributed by atoms with Crippen LogP contribution in [0.15, 0.2) is 0 Å². The average Bonchev–Trinajstić information content (AvgIpc) is 2.58. The van der Waals surface area contributed by atoms with Gasteiger partial charge in [-0.25, -0.2) is 8.42 Å². The zero-order chi connectivity index (χ0) is 14.6. The maximum absolute atomic E-state index is 11.9. The quantitative estimate of drug-likeness (QED) is 0.664. The highest BCUT2D eigenvalue weighted by molar-refractivity contribution is 7.92. The van der Waals surface area contributed by atoms with Crippen LogP contribution in [0.4, 0.5) is 5.00 Å². The molecule has 0 aliphatic heterocycles. The lowest BCUT2D eigenvalue weighted by molar-refractivity contribution is 0.600. The summed E-state index contributed by atoms with van der Waals surface area (Å²) in [5.41, 5.74) is 1.56. The molecular formula is C13H17ClN2O2S2. The molecule has 4 nitrogen and oxygen atoms in total. The topological polar surface area (TPSA) is 70.0 Å². The van der Waals surface area contributed by atoms with E-state index in [2.05, 4.69) is 10.8 Å². The first-order valence-electron chi connectivity index (χ1n) is 6.68. The summed E-state index contributed by atoms with van der Waals surface area (Å²) in [5.74, 6) is 0.302. The third kappa shape index (κ3) is 3.66. The van der Waals surface area contributed by atoms with Gasteiger partial charge in [-0.15, -0.1) is 22.9 Å². The molecule has 20 heavy (non-hydrogen) atoms. The van der Waals surface area contributed by atoms with E-state index < -0.39 is 10.0 Å². The van der Waals surface area contributed by atoms with Crippen LogP contribution in [0.25, 0.3) is 0 Å². The van der Waals surface area contributed by atoms with Gasteiger partial charge in [-0.3, -0.25) is 4.72 Å². The standard InChI is InChI=1S/C13H17ClN2O2S2/c14-7-4-8-20(17,18)16-13-11(9-15)10-5-2-1-3-6-12(10)19-13/h16H,1-8H2. The maximum atomic E-state index is 11.9. The Labute approximate surface area is 128 Å². The van der Waals surface area contributed by atoms with E-state index in [0.29, 0.717) is 22.9 Å². The number of hydrogen-bond acceptors (Lipinski definition) is 4. The second kappa shape index (κ2) is 6.79. The molecule has 110 valence electrons. The third-order valence-corrected chi connectivity index (χ3v) is 6.27. The number of alkyl halides is 1. The Balaban J connectivity index is 2.27. The maximum Gasteiger partial charge on any atom is 0.233 e. The fraction of sp³-hybridized carbons (Fsp3) is 0.615. The summed E-state index contributed by atoms with van der Waals surface area (Å²) >= 11 is 6.94. The summed E-state index contributed by atoms with van der Waals surface area (Å²) in [7, 11) is -3.41. The molecule has 1 aliphatic rings. The molecule has 0 unspecified atom stereocenters. The minimum Gasteiger partial charge on any atom is -0.273 e. The highest BCUT2D eigenvalue weighted by Crippen LogP contribution is 2.37. The Morgan fingerprint density at radius 1 is 1.30 bits per heavy atom. The van der Waals surface area contributed by atoms with Gasteiger partial charge in [0.25, 0.3) is 0 Å². The minimum absolute atomic E-state index is 0.00998. The van der Waals surface area contributed by atoms with Crippen molar-refractivity contribution in [2.45, 2.75) is 38.5 Å². The molecule has 0 aromatic carbocycles. The van der Waals surface area contributed by atoms with E-state index in [0.717, 1.165) is 36.1 Å². The zero-order valence-corrected chi connectivity index (χ0v) is 13.5. The Hall–Kier alpha value is -0.770. The fourth-order valence-electron chi connectivity index (χ4n) is 2.37. The van der Waals surface area contributed by atoms with E-state index in [1.807, 2.05) is 0 Å². The highest BCUT2D eigenvalue weighted by atomic mass is 35.5. The van der Waals surface area contributed by atoms with Crippen molar-refractivity contribution >= 4 is 38.0 Å². The molecule has 0 amide bonds. The molecule has 2 rings (SSSR count). The van der Waals surface area contributed by atoms with E-state index in [1.54, 1.807) is 0 Å². The molecule has 0 atom stereocenters. The van der Waals surface area contributed by atoms with Crippen molar-refractivity contribution in [3.63, 3.8) is 0 Å². The van der Waals surface area contributed by atoms with E-state index in [9.17, 15) is 13.7 Å². The van der Waals surface area contributed by atoms with Crippen LogP contribution in [0.3, 0.4) is 0 Å². The lowest BCUT2D eigenvalue weighted by Crippen LogP contribution is -2.16. The van der Waals surface area contributed by atoms with Gasteiger partial charge < -0.3 is 0 Å². The number of nitrogens with one attached hydrogen (secondary N) is 1. The number of hydrogen-bond donors (Lipinski definition) is 1. The molecule has 7 heteroatoms. The van der Waals surface area contributed by atoms with Crippen LogP contribution >= 0.6 is 22.9 Å². The number of aryl methyl sites for hydroxylation is 1. The molecule has 0 bridgehead atoms. The number of halogens is 1. The number of thiophene rings is 1. The first-order chi connectivity index (χ1) is 9.57. The monoisotopic (exact) mass is 332 g/mol. The highest BCUT2D eigenvalue weighted by Gasteiger charge is 2.22. The van der Waals surface area contributed by atoms with E-state index in [1.165, 1.54) is 17.8 Å². The fourth-order valence-corrected chi connectivity index (χ4v) is 5.31. The van der Waals surface area contributed by atoms with Crippen molar-refractivity contribution in [3.8, 4) is 6.07 Å². The first kappa shape index (κ1) is 15.6. The SMILES string of the molecule is N#Cc1c(NS(=O)(=O)CCCCl)sc2c1CCCCC2. The predicted octanol–water partition coefficient (Wildman–Crippen LogP) is 3.26. The second-order valence-electron chi connectivity index (χ2n) is 4.84. The van der Waals surface area contributed by atoms with Gasteiger partial charge >= 0.3 is 0 Å². The van der Waals surface area contributed by atoms with Crippen molar-refractivity contribution in [3.05, 3.63) is 16.0 Å². The second-order valence-corrected chi connectivity index (χ2v) is 8.17. The molecule has 0 spiro atoms. The van der Waals surface area contributed by atoms with Gasteiger partial charge in [0.2, 0.25) is 10.0 Å². The molecule has 1 aromatic heterocycles. The van der Waals surface area contributed by atoms with Crippen LogP contribution in [0, 0.1) is 11.3 Å². The number of fused-ring (bicyclic) bond motifs is 1. The van der Waals surface area contributed by atoms with Gasteiger partial charge in [-0.2, -0.15) is 5.26 Å². The molecule has 0 fully saturated rings.